The Morgan fingerprint density at radius 2 is 1.93 bits per heavy atom. The zero-order valence-electron chi connectivity index (χ0n) is 9.09. The maximum absolute atomic E-state index is 5.43. The van der Waals surface area contributed by atoms with Gasteiger partial charge in [-0.05, 0) is 38.9 Å². The Morgan fingerprint density at radius 3 is 2.50 bits per heavy atom. The topological polar surface area (TPSA) is 38.0 Å². The van der Waals surface area contributed by atoms with Crippen molar-refractivity contribution in [3.63, 3.8) is 0 Å². The van der Waals surface area contributed by atoms with E-state index in [1.807, 2.05) is 0 Å². The minimum absolute atomic E-state index is 0.419. The van der Waals surface area contributed by atoms with Crippen LogP contribution in [0.25, 0.3) is 0 Å². The van der Waals surface area contributed by atoms with Gasteiger partial charge in [-0.25, -0.2) is 0 Å². The Bertz CT molecular complexity index is 254. The maximum atomic E-state index is 5.43. The zero-order chi connectivity index (χ0) is 10.4. The van der Waals surface area contributed by atoms with Gasteiger partial charge >= 0.3 is 0 Å². The highest BCUT2D eigenvalue weighted by molar-refractivity contribution is 5.23. The molecule has 1 atom stereocenters. The summed E-state index contributed by atoms with van der Waals surface area (Å²) >= 11 is 0. The molecule has 0 aromatic heterocycles. The first kappa shape index (κ1) is 11.2. The number of hydrogen-bond acceptors (Lipinski definition) is 2. The Kier molecular flexibility index (Phi) is 4.63. The Hall–Kier alpha value is -0.860. The molecule has 2 heteroatoms. The van der Waals surface area contributed by atoms with Gasteiger partial charge in [0.15, 0.2) is 0 Å². The highest BCUT2D eigenvalue weighted by Crippen LogP contribution is 2.12. The van der Waals surface area contributed by atoms with Crippen molar-refractivity contribution in [3.8, 4) is 0 Å². The molecule has 1 aromatic rings. The smallest absolute Gasteiger partial charge is 0.0291 e. The van der Waals surface area contributed by atoms with Crippen LogP contribution in [0.2, 0.25) is 0 Å². The lowest BCUT2D eigenvalue weighted by Gasteiger charge is -2.13. The van der Waals surface area contributed by atoms with E-state index in [-0.39, 0.29) is 0 Å². The number of aryl methyl sites for hydroxylation is 1. The predicted molar refractivity (Wildman–Crippen MR) is 61.3 cm³/mol. The van der Waals surface area contributed by atoms with Crippen LogP contribution in [0, 0.1) is 6.92 Å². The molecule has 1 unspecified atom stereocenters. The van der Waals surface area contributed by atoms with Crippen molar-refractivity contribution in [3.05, 3.63) is 35.4 Å². The summed E-state index contributed by atoms with van der Waals surface area (Å²) in [5.74, 6) is 0. The number of nitrogens with one attached hydrogen (secondary N) is 1. The lowest BCUT2D eigenvalue weighted by atomic mass is 10.1. The highest BCUT2D eigenvalue weighted by Gasteiger charge is 2.02. The molecular formula is C12H20N2. The summed E-state index contributed by atoms with van der Waals surface area (Å²) in [5, 5.41) is 3.44. The average Bonchev–Trinajstić information content (AvgIpc) is 2.19. The minimum atomic E-state index is 0.419. The molecule has 0 aliphatic carbocycles. The van der Waals surface area contributed by atoms with Gasteiger partial charge in [-0.3, -0.25) is 0 Å². The van der Waals surface area contributed by atoms with Crippen molar-refractivity contribution in [2.75, 3.05) is 13.1 Å². The lowest BCUT2D eigenvalue weighted by Crippen LogP contribution is -2.21. The van der Waals surface area contributed by atoms with Gasteiger partial charge < -0.3 is 11.1 Å². The minimum Gasteiger partial charge on any atom is -0.330 e. The second-order valence-corrected chi connectivity index (χ2v) is 3.73. The molecule has 1 aromatic carbocycles. The second-order valence-electron chi connectivity index (χ2n) is 3.73. The summed E-state index contributed by atoms with van der Waals surface area (Å²) in [6.07, 6.45) is 1.04. The van der Waals surface area contributed by atoms with Gasteiger partial charge in [0.25, 0.3) is 0 Å². The van der Waals surface area contributed by atoms with E-state index in [9.17, 15) is 0 Å². The highest BCUT2D eigenvalue weighted by atomic mass is 14.9. The quantitative estimate of drug-likeness (QED) is 0.700. The van der Waals surface area contributed by atoms with Gasteiger partial charge in [0, 0.05) is 6.04 Å². The Morgan fingerprint density at radius 1 is 1.29 bits per heavy atom. The molecule has 2 nitrogen and oxygen atoms in total. The number of benzene rings is 1. The third-order valence-corrected chi connectivity index (χ3v) is 2.41. The summed E-state index contributed by atoms with van der Waals surface area (Å²) in [6.45, 7) is 6.04. The standard InChI is InChI=1S/C12H20N2/c1-10-4-6-12(7-5-10)11(2)14-9-3-8-13/h4-7,11,14H,3,8-9,13H2,1-2H3. The van der Waals surface area contributed by atoms with Gasteiger partial charge in [0.05, 0.1) is 0 Å². The summed E-state index contributed by atoms with van der Waals surface area (Å²) in [5.41, 5.74) is 8.08. The van der Waals surface area contributed by atoms with Gasteiger partial charge in [-0.2, -0.15) is 0 Å². The van der Waals surface area contributed by atoms with E-state index < -0.39 is 0 Å². The fourth-order valence-corrected chi connectivity index (χ4v) is 1.39. The summed E-state index contributed by atoms with van der Waals surface area (Å²) in [7, 11) is 0. The van der Waals surface area contributed by atoms with E-state index in [1.54, 1.807) is 0 Å². The molecule has 14 heavy (non-hydrogen) atoms. The Labute approximate surface area is 86.5 Å². The lowest BCUT2D eigenvalue weighted by molar-refractivity contribution is 0.562. The number of rotatable bonds is 5. The third kappa shape index (κ3) is 3.48. The van der Waals surface area contributed by atoms with Crippen LogP contribution in [0.4, 0.5) is 0 Å². The van der Waals surface area contributed by atoms with Crippen LogP contribution < -0.4 is 11.1 Å². The molecule has 0 spiro atoms. The fourth-order valence-electron chi connectivity index (χ4n) is 1.39. The normalized spacial score (nSPS) is 12.8. The molecule has 0 fully saturated rings. The van der Waals surface area contributed by atoms with E-state index in [4.69, 9.17) is 5.73 Å². The van der Waals surface area contributed by atoms with Crippen LogP contribution in [0.3, 0.4) is 0 Å². The third-order valence-electron chi connectivity index (χ3n) is 2.41. The van der Waals surface area contributed by atoms with Crippen molar-refractivity contribution < 1.29 is 0 Å². The molecule has 0 aliphatic heterocycles. The predicted octanol–water partition coefficient (Wildman–Crippen LogP) is 1.99. The van der Waals surface area contributed by atoms with Gasteiger partial charge in [0.2, 0.25) is 0 Å². The first-order valence-electron chi connectivity index (χ1n) is 5.24. The molecule has 3 N–H and O–H groups in total. The molecule has 0 saturated heterocycles. The van der Waals surface area contributed by atoms with Crippen molar-refractivity contribution in [2.45, 2.75) is 26.3 Å². The summed E-state index contributed by atoms with van der Waals surface area (Å²) in [6, 6.07) is 9.07. The largest absolute Gasteiger partial charge is 0.330 e. The van der Waals surface area contributed by atoms with E-state index in [0.29, 0.717) is 6.04 Å². The molecule has 0 amide bonds. The average molecular weight is 192 g/mol. The molecule has 0 radical (unpaired) electrons. The van der Waals surface area contributed by atoms with E-state index in [0.717, 1.165) is 19.5 Å². The molecular weight excluding hydrogens is 172 g/mol. The molecule has 78 valence electrons. The van der Waals surface area contributed by atoms with E-state index in [1.165, 1.54) is 11.1 Å². The molecule has 0 aliphatic rings. The summed E-state index contributed by atoms with van der Waals surface area (Å²) < 4.78 is 0. The summed E-state index contributed by atoms with van der Waals surface area (Å²) in [4.78, 5) is 0. The molecule has 0 bridgehead atoms. The van der Waals surface area contributed by atoms with Gasteiger partial charge in [-0.15, -0.1) is 0 Å². The molecule has 1 rings (SSSR count). The van der Waals surface area contributed by atoms with Crippen LogP contribution in [0.5, 0.6) is 0 Å². The Balaban J connectivity index is 2.43. The van der Waals surface area contributed by atoms with Gasteiger partial charge in [0.1, 0.15) is 0 Å². The first-order valence-corrected chi connectivity index (χ1v) is 5.24. The van der Waals surface area contributed by atoms with Gasteiger partial charge in [-0.1, -0.05) is 29.8 Å². The van der Waals surface area contributed by atoms with Crippen molar-refractivity contribution in [1.29, 1.82) is 0 Å². The van der Waals surface area contributed by atoms with Crippen molar-refractivity contribution >= 4 is 0 Å². The van der Waals surface area contributed by atoms with Crippen molar-refractivity contribution in [2.24, 2.45) is 5.73 Å². The van der Waals surface area contributed by atoms with Crippen LogP contribution in [-0.4, -0.2) is 13.1 Å². The number of hydrogen-bond donors (Lipinski definition) is 2. The fraction of sp³-hybridized carbons (Fsp3) is 0.500. The number of nitrogens with two attached hydrogens (primary N) is 1. The first-order chi connectivity index (χ1) is 6.74. The zero-order valence-corrected chi connectivity index (χ0v) is 9.09. The molecule has 0 heterocycles. The van der Waals surface area contributed by atoms with Crippen LogP contribution in [-0.2, 0) is 0 Å². The van der Waals surface area contributed by atoms with Crippen LogP contribution in [0.15, 0.2) is 24.3 Å². The van der Waals surface area contributed by atoms with Crippen LogP contribution >= 0.6 is 0 Å². The van der Waals surface area contributed by atoms with E-state index in [2.05, 4.69) is 43.4 Å². The second kappa shape index (κ2) is 5.78. The van der Waals surface area contributed by atoms with E-state index >= 15 is 0 Å². The monoisotopic (exact) mass is 192 g/mol. The maximum Gasteiger partial charge on any atom is 0.0291 e. The SMILES string of the molecule is Cc1ccc(C(C)NCCCN)cc1. The van der Waals surface area contributed by atoms with Crippen LogP contribution in [0.1, 0.15) is 30.5 Å². The van der Waals surface area contributed by atoms with Crippen molar-refractivity contribution in [1.82, 2.24) is 5.32 Å². The molecule has 0 saturated carbocycles.